The highest BCUT2D eigenvalue weighted by atomic mass is 35.5. The minimum Gasteiger partial charge on any atom is -0.485 e. The van der Waals surface area contributed by atoms with Crippen LogP contribution in [0, 0.1) is 5.92 Å². The Hall–Kier alpha value is -1.30. The van der Waals surface area contributed by atoms with E-state index in [1.54, 1.807) is 23.6 Å². The molecule has 0 spiro atoms. The SMILES string of the molecule is CC(C)CNC(=O)c1csc(COc2cc(Cl)ccc2Cl)n1. The lowest BCUT2D eigenvalue weighted by Gasteiger charge is -2.06. The van der Waals surface area contributed by atoms with Crippen LogP contribution in [0.15, 0.2) is 23.6 Å². The predicted octanol–water partition coefficient (Wildman–Crippen LogP) is 4.41. The van der Waals surface area contributed by atoms with E-state index < -0.39 is 0 Å². The van der Waals surface area contributed by atoms with Crippen molar-refractivity contribution in [2.24, 2.45) is 5.92 Å². The first-order valence-electron chi connectivity index (χ1n) is 6.76. The summed E-state index contributed by atoms with van der Waals surface area (Å²) in [5.74, 6) is 0.725. The van der Waals surface area contributed by atoms with Crippen LogP contribution in [0.3, 0.4) is 0 Å². The normalized spacial score (nSPS) is 10.8. The van der Waals surface area contributed by atoms with Crippen LogP contribution in [0.4, 0.5) is 0 Å². The van der Waals surface area contributed by atoms with E-state index in [1.165, 1.54) is 11.3 Å². The second-order valence-electron chi connectivity index (χ2n) is 5.09. The number of benzene rings is 1. The topological polar surface area (TPSA) is 51.2 Å². The number of nitrogens with one attached hydrogen (secondary N) is 1. The van der Waals surface area contributed by atoms with Crippen LogP contribution >= 0.6 is 34.5 Å². The highest BCUT2D eigenvalue weighted by Crippen LogP contribution is 2.28. The summed E-state index contributed by atoms with van der Waals surface area (Å²) in [6, 6.07) is 5.01. The van der Waals surface area contributed by atoms with Crippen molar-refractivity contribution in [3.05, 3.63) is 44.3 Å². The van der Waals surface area contributed by atoms with E-state index in [1.807, 2.05) is 13.8 Å². The third-order valence-corrected chi connectivity index (χ3v) is 4.07. The molecule has 0 radical (unpaired) electrons. The summed E-state index contributed by atoms with van der Waals surface area (Å²) in [6.07, 6.45) is 0. The molecule has 4 nitrogen and oxygen atoms in total. The Kier molecular flexibility index (Phi) is 6.06. The van der Waals surface area contributed by atoms with Crippen molar-refractivity contribution in [1.29, 1.82) is 0 Å². The van der Waals surface area contributed by atoms with Gasteiger partial charge in [0.2, 0.25) is 0 Å². The van der Waals surface area contributed by atoms with Gasteiger partial charge in [-0.1, -0.05) is 37.0 Å². The Morgan fingerprint density at radius 2 is 2.18 bits per heavy atom. The lowest BCUT2D eigenvalue weighted by molar-refractivity contribution is 0.0944. The third-order valence-electron chi connectivity index (χ3n) is 2.70. The van der Waals surface area contributed by atoms with E-state index in [-0.39, 0.29) is 12.5 Å². The molecule has 118 valence electrons. The van der Waals surface area contributed by atoms with E-state index in [0.29, 0.717) is 39.0 Å². The summed E-state index contributed by atoms with van der Waals surface area (Å²) in [6.45, 7) is 4.94. The molecule has 1 aromatic carbocycles. The minimum absolute atomic E-state index is 0.169. The highest BCUT2D eigenvalue weighted by Gasteiger charge is 2.12. The van der Waals surface area contributed by atoms with Gasteiger partial charge >= 0.3 is 0 Å². The second kappa shape index (κ2) is 7.81. The Morgan fingerprint density at radius 3 is 2.91 bits per heavy atom. The summed E-state index contributed by atoms with van der Waals surface area (Å²) in [7, 11) is 0. The number of amides is 1. The van der Waals surface area contributed by atoms with Gasteiger partial charge in [0.15, 0.2) is 0 Å². The van der Waals surface area contributed by atoms with Crippen molar-refractivity contribution >= 4 is 40.4 Å². The summed E-state index contributed by atoms with van der Waals surface area (Å²) in [5.41, 5.74) is 0.404. The van der Waals surface area contributed by atoms with Gasteiger partial charge in [0.25, 0.3) is 5.91 Å². The highest BCUT2D eigenvalue weighted by molar-refractivity contribution is 7.09. The van der Waals surface area contributed by atoms with Gasteiger partial charge in [-0.2, -0.15) is 0 Å². The van der Waals surface area contributed by atoms with Gasteiger partial charge in [-0.25, -0.2) is 4.98 Å². The average Bonchev–Trinajstić information content (AvgIpc) is 2.94. The van der Waals surface area contributed by atoms with Crippen LogP contribution in [0.5, 0.6) is 5.75 Å². The molecule has 0 saturated heterocycles. The lowest BCUT2D eigenvalue weighted by Crippen LogP contribution is -2.27. The fraction of sp³-hybridized carbons (Fsp3) is 0.333. The lowest BCUT2D eigenvalue weighted by atomic mass is 10.2. The fourth-order valence-corrected chi connectivity index (χ4v) is 2.62. The van der Waals surface area contributed by atoms with Crippen molar-refractivity contribution < 1.29 is 9.53 Å². The molecule has 0 bridgehead atoms. The molecule has 0 aliphatic rings. The Bertz CT molecular complexity index is 659. The summed E-state index contributed by atoms with van der Waals surface area (Å²) < 4.78 is 5.59. The standard InChI is InChI=1S/C15H16Cl2N2O2S/c1-9(2)6-18-15(20)12-8-22-14(19-12)7-21-13-5-10(16)3-4-11(13)17/h3-5,8-9H,6-7H2,1-2H3,(H,18,20). The fourth-order valence-electron chi connectivity index (χ4n) is 1.60. The average molecular weight is 359 g/mol. The zero-order chi connectivity index (χ0) is 16.1. The molecule has 1 heterocycles. The molecule has 0 aliphatic carbocycles. The first-order chi connectivity index (χ1) is 10.5. The zero-order valence-electron chi connectivity index (χ0n) is 12.2. The molecule has 7 heteroatoms. The Morgan fingerprint density at radius 1 is 1.41 bits per heavy atom. The molecule has 0 unspecified atom stereocenters. The number of ether oxygens (including phenoxy) is 1. The van der Waals surface area contributed by atoms with Gasteiger partial charge in [0.05, 0.1) is 5.02 Å². The van der Waals surface area contributed by atoms with Crippen molar-refractivity contribution in [3.63, 3.8) is 0 Å². The van der Waals surface area contributed by atoms with E-state index in [9.17, 15) is 4.79 Å². The van der Waals surface area contributed by atoms with Crippen molar-refractivity contribution in [2.75, 3.05) is 6.54 Å². The maximum Gasteiger partial charge on any atom is 0.270 e. The first-order valence-corrected chi connectivity index (χ1v) is 8.39. The Labute approximate surface area is 143 Å². The maximum atomic E-state index is 11.9. The van der Waals surface area contributed by atoms with E-state index in [0.717, 1.165) is 0 Å². The molecule has 0 saturated carbocycles. The van der Waals surface area contributed by atoms with Crippen molar-refractivity contribution in [2.45, 2.75) is 20.5 Å². The van der Waals surface area contributed by atoms with Gasteiger partial charge in [-0.15, -0.1) is 11.3 Å². The molecule has 0 fully saturated rings. The Balaban J connectivity index is 1.94. The van der Waals surface area contributed by atoms with E-state index >= 15 is 0 Å². The molecule has 0 atom stereocenters. The number of carbonyl (C=O) groups is 1. The maximum absolute atomic E-state index is 11.9. The molecular weight excluding hydrogens is 343 g/mol. The van der Waals surface area contributed by atoms with Crippen LogP contribution < -0.4 is 10.1 Å². The van der Waals surface area contributed by atoms with Crippen molar-refractivity contribution in [3.8, 4) is 5.75 Å². The van der Waals surface area contributed by atoms with Gasteiger partial charge < -0.3 is 10.1 Å². The monoisotopic (exact) mass is 358 g/mol. The molecule has 2 rings (SSSR count). The summed E-state index contributed by atoms with van der Waals surface area (Å²) >= 11 is 13.3. The van der Waals surface area contributed by atoms with E-state index in [2.05, 4.69) is 10.3 Å². The smallest absolute Gasteiger partial charge is 0.270 e. The largest absolute Gasteiger partial charge is 0.485 e. The number of nitrogens with zero attached hydrogens (tertiary/aromatic N) is 1. The summed E-state index contributed by atoms with van der Waals surface area (Å²) in [5, 5.41) is 6.27. The molecule has 0 aliphatic heterocycles. The van der Waals surface area contributed by atoms with Crippen LogP contribution in [0.2, 0.25) is 10.0 Å². The second-order valence-corrected chi connectivity index (χ2v) is 6.88. The van der Waals surface area contributed by atoms with Gasteiger partial charge in [-0.05, 0) is 18.1 Å². The molecule has 1 aromatic heterocycles. The molecule has 2 aromatic rings. The first kappa shape index (κ1) is 17.1. The molecular formula is C15H16Cl2N2O2S. The number of thiazole rings is 1. The summed E-state index contributed by atoms with van der Waals surface area (Å²) in [4.78, 5) is 16.1. The van der Waals surface area contributed by atoms with Crippen LogP contribution in [-0.4, -0.2) is 17.4 Å². The molecule has 1 N–H and O–H groups in total. The zero-order valence-corrected chi connectivity index (χ0v) is 14.6. The van der Waals surface area contributed by atoms with Gasteiger partial charge in [0.1, 0.15) is 23.1 Å². The third kappa shape index (κ3) is 4.87. The minimum atomic E-state index is -0.169. The van der Waals surface area contributed by atoms with Crippen molar-refractivity contribution in [1.82, 2.24) is 10.3 Å². The van der Waals surface area contributed by atoms with Gasteiger partial charge in [-0.3, -0.25) is 4.79 Å². The number of aromatic nitrogens is 1. The predicted molar refractivity (Wildman–Crippen MR) is 90.1 cm³/mol. The molecule has 1 amide bonds. The van der Waals surface area contributed by atoms with Crippen LogP contribution in [-0.2, 0) is 6.61 Å². The number of hydrogen-bond donors (Lipinski definition) is 1. The van der Waals surface area contributed by atoms with E-state index in [4.69, 9.17) is 27.9 Å². The van der Waals surface area contributed by atoms with Gasteiger partial charge in [0, 0.05) is 23.0 Å². The van der Waals surface area contributed by atoms with Crippen LogP contribution in [0.25, 0.3) is 0 Å². The molecule has 22 heavy (non-hydrogen) atoms. The number of carbonyl (C=O) groups excluding carboxylic acids is 1. The number of rotatable bonds is 6. The quantitative estimate of drug-likeness (QED) is 0.831. The van der Waals surface area contributed by atoms with Crippen LogP contribution in [0.1, 0.15) is 29.3 Å². The number of hydrogen-bond acceptors (Lipinski definition) is 4. The number of halogens is 2.